The summed E-state index contributed by atoms with van der Waals surface area (Å²) < 4.78 is 41.3. The van der Waals surface area contributed by atoms with Gasteiger partial charge in [0.15, 0.2) is 0 Å². The van der Waals surface area contributed by atoms with Crippen molar-refractivity contribution in [3.05, 3.63) is 0 Å². The predicted molar refractivity (Wildman–Crippen MR) is 56.3 cm³/mol. The topological polar surface area (TPSA) is 21.3 Å². The van der Waals surface area contributed by atoms with Gasteiger partial charge in [-0.3, -0.25) is 0 Å². The molecule has 3 unspecified atom stereocenters. The molecule has 1 N–H and O–H groups in total. The number of alkyl halides is 3. The molecule has 3 atom stereocenters. The van der Waals surface area contributed by atoms with E-state index in [4.69, 9.17) is 4.74 Å². The molecule has 0 heterocycles. The fourth-order valence-corrected chi connectivity index (χ4v) is 2.17. The molecule has 0 radical (unpaired) electrons. The molecule has 0 aromatic heterocycles. The SMILES string of the molecule is CNC1CCC(C)CC1OCCC(F)(F)F. The normalized spacial score (nSPS) is 31.7. The lowest BCUT2D eigenvalue weighted by Crippen LogP contribution is -2.44. The predicted octanol–water partition coefficient (Wildman–Crippen LogP) is 2.73. The van der Waals surface area contributed by atoms with Gasteiger partial charge in [-0.2, -0.15) is 13.2 Å². The molecule has 1 saturated carbocycles. The summed E-state index contributed by atoms with van der Waals surface area (Å²) in [7, 11) is 1.83. The Morgan fingerprint density at radius 1 is 1.31 bits per heavy atom. The molecule has 0 aromatic carbocycles. The summed E-state index contributed by atoms with van der Waals surface area (Å²) in [6.45, 7) is 1.89. The highest BCUT2D eigenvalue weighted by molar-refractivity contribution is 4.83. The largest absolute Gasteiger partial charge is 0.391 e. The molecule has 1 fully saturated rings. The summed E-state index contributed by atoms with van der Waals surface area (Å²) in [4.78, 5) is 0. The van der Waals surface area contributed by atoms with Gasteiger partial charge in [0.2, 0.25) is 0 Å². The van der Waals surface area contributed by atoms with Gasteiger partial charge in [-0.1, -0.05) is 6.92 Å². The van der Waals surface area contributed by atoms with Crippen LogP contribution in [-0.4, -0.2) is 32.0 Å². The number of rotatable bonds is 4. The van der Waals surface area contributed by atoms with Crippen molar-refractivity contribution in [2.45, 2.75) is 50.9 Å². The van der Waals surface area contributed by atoms with Crippen molar-refractivity contribution in [2.75, 3.05) is 13.7 Å². The van der Waals surface area contributed by atoms with Crippen molar-refractivity contribution in [3.63, 3.8) is 0 Å². The van der Waals surface area contributed by atoms with Crippen LogP contribution in [0.3, 0.4) is 0 Å². The Hall–Kier alpha value is -0.290. The van der Waals surface area contributed by atoms with E-state index in [0.29, 0.717) is 5.92 Å². The second-order valence-electron chi connectivity index (χ2n) is 4.59. The second kappa shape index (κ2) is 5.87. The van der Waals surface area contributed by atoms with Crippen LogP contribution in [0.2, 0.25) is 0 Å². The van der Waals surface area contributed by atoms with Gasteiger partial charge in [0.05, 0.1) is 19.1 Å². The van der Waals surface area contributed by atoms with E-state index in [1.807, 2.05) is 7.05 Å². The zero-order valence-electron chi connectivity index (χ0n) is 9.81. The van der Waals surface area contributed by atoms with Crippen molar-refractivity contribution in [1.82, 2.24) is 5.32 Å². The molecule has 5 heteroatoms. The van der Waals surface area contributed by atoms with Gasteiger partial charge in [-0.15, -0.1) is 0 Å². The first-order valence-corrected chi connectivity index (χ1v) is 5.78. The monoisotopic (exact) mass is 239 g/mol. The Balaban J connectivity index is 2.32. The van der Waals surface area contributed by atoms with Gasteiger partial charge < -0.3 is 10.1 Å². The third-order valence-electron chi connectivity index (χ3n) is 3.14. The molecule has 96 valence electrons. The first-order valence-electron chi connectivity index (χ1n) is 5.78. The van der Waals surface area contributed by atoms with Crippen molar-refractivity contribution in [1.29, 1.82) is 0 Å². The molecular weight excluding hydrogens is 219 g/mol. The van der Waals surface area contributed by atoms with Crippen LogP contribution in [0.15, 0.2) is 0 Å². The van der Waals surface area contributed by atoms with Gasteiger partial charge >= 0.3 is 6.18 Å². The van der Waals surface area contributed by atoms with Crippen LogP contribution in [0, 0.1) is 5.92 Å². The number of hydrogen-bond acceptors (Lipinski definition) is 2. The van der Waals surface area contributed by atoms with E-state index in [-0.39, 0.29) is 18.8 Å². The van der Waals surface area contributed by atoms with Gasteiger partial charge in [-0.05, 0) is 32.2 Å². The second-order valence-corrected chi connectivity index (χ2v) is 4.59. The molecule has 16 heavy (non-hydrogen) atoms. The fraction of sp³-hybridized carbons (Fsp3) is 1.00. The summed E-state index contributed by atoms with van der Waals surface area (Å²) >= 11 is 0. The van der Waals surface area contributed by atoms with Crippen LogP contribution in [0.25, 0.3) is 0 Å². The van der Waals surface area contributed by atoms with E-state index >= 15 is 0 Å². The molecule has 0 aliphatic heterocycles. The lowest BCUT2D eigenvalue weighted by atomic mass is 9.85. The van der Waals surface area contributed by atoms with E-state index < -0.39 is 12.6 Å². The van der Waals surface area contributed by atoms with Crippen LogP contribution in [0.4, 0.5) is 13.2 Å². The first-order chi connectivity index (χ1) is 7.42. The molecule has 0 aromatic rings. The highest BCUT2D eigenvalue weighted by atomic mass is 19.4. The molecular formula is C11H20F3NO. The number of hydrogen-bond donors (Lipinski definition) is 1. The maximum atomic E-state index is 12.0. The van der Waals surface area contributed by atoms with E-state index in [1.165, 1.54) is 0 Å². The van der Waals surface area contributed by atoms with Crippen LogP contribution in [0.5, 0.6) is 0 Å². The Morgan fingerprint density at radius 3 is 2.56 bits per heavy atom. The molecule has 1 rings (SSSR count). The van der Waals surface area contributed by atoms with Crippen molar-refractivity contribution >= 4 is 0 Å². The Labute approximate surface area is 94.5 Å². The molecule has 1 aliphatic rings. The quantitative estimate of drug-likeness (QED) is 0.814. The average molecular weight is 239 g/mol. The zero-order chi connectivity index (χ0) is 12.2. The smallest absolute Gasteiger partial charge is 0.376 e. The van der Waals surface area contributed by atoms with Gasteiger partial charge in [-0.25, -0.2) is 0 Å². The zero-order valence-corrected chi connectivity index (χ0v) is 9.81. The third kappa shape index (κ3) is 4.70. The molecule has 0 amide bonds. The molecule has 1 aliphatic carbocycles. The van der Waals surface area contributed by atoms with Crippen LogP contribution < -0.4 is 5.32 Å². The molecule has 0 saturated heterocycles. The van der Waals surface area contributed by atoms with Gasteiger partial charge in [0.1, 0.15) is 0 Å². The van der Waals surface area contributed by atoms with Gasteiger partial charge in [0, 0.05) is 6.04 Å². The minimum absolute atomic E-state index is 0.0731. The Kier molecular flexibility index (Phi) is 5.05. The fourth-order valence-electron chi connectivity index (χ4n) is 2.17. The highest BCUT2D eigenvalue weighted by Gasteiger charge is 2.31. The summed E-state index contributed by atoms with van der Waals surface area (Å²) in [5.41, 5.74) is 0. The average Bonchev–Trinajstić information content (AvgIpc) is 2.16. The van der Waals surface area contributed by atoms with E-state index in [9.17, 15) is 13.2 Å². The van der Waals surface area contributed by atoms with E-state index in [0.717, 1.165) is 19.3 Å². The Bertz CT molecular complexity index is 208. The summed E-state index contributed by atoms with van der Waals surface area (Å²) in [6.07, 6.45) is -2.09. The summed E-state index contributed by atoms with van der Waals surface area (Å²) in [6, 6.07) is 0.199. The third-order valence-corrected chi connectivity index (χ3v) is 3.14. The van der Waals surface area contributed by atoms with Crippen molar-refractivity contribution < 1.29 is 17.9 Å². The van der Waals surface area contributed by atoms with Crippen LogP contribution in [0.1, 0.15) is 32.6 Å². The standard InChI is InChI=1S/C11H20F3NO/c1-8-3-4-9(15-2)10(7-8)16-6-5-11(12,13)14/h8-10,15H,3-7H2,1-2H3. The minimum atomic E-state index is -4.12. The van der Waals surface area contributed by atoms with E-state index in [1.54, 1.807) is 0 Å². The van der Waals surface area contributed by atoms with Gasteiger partial charge in [0.25, 0.3) is 0 Å². The molecule has 2 nitrogen and oxygen atoms in total. The number of likely N-dealkylation sites (N-methyl/N-ethyl adjacent to an activating group) is 1. The lowest BCUT2D eigenvalue weighted by Gasteiger charge is -2.34. The lowest BCUT2D eigenvalue weighted by molar-refractivity contribution is -0.152. The maximum Gasteiger partial charge on any atom is 0.391 e. The van der Waals surface area contributed by atoms with Crippen LogP contribution in [-0.2, 0) is 4.74 Å². The maximum absolute atomic E-state index is 12.0. The minimum Gasteiger partial charge on any atom is -0.376 e. The molecule has 0 spiro atoms. The number of nitrogens with one attached hydrogen (secondary N) is 1. The molecule has 0 bridgehead atoms. The van der Waals surface area contributed by atoms with Crippen LogP contribution >= 0.6 is 0 Å². The van der Waals surface area contributed by atoms with Crippen molar-refractivity contribution in [3.8, 4) is 0 Å². The summed E-state index contributed by atoms with van der Waals surface area (Å²) in [5.74, 6) is 0.542. The summed E-state index contributed by atoms with van der Waals surface area (Å²) in [5, 5.41) is 3.12. The number of halogens is 3. The van der Waals surface area contributed by atoms with Crippen molar-refractivity contribution in [2.24, 2.45) is 5.92 Å². The first kappa shape index (κ1) is 13.8. The highest BCUT2D eigenvalue weighted by Crippen LogP contribution is 2.27. The Morgan fingerprint density at radius 2 is 2.00 bits per heavy atom. The van der Waals surface area contributed by atoms with E-state index in [2.05, 4.69) is 12.2 Å². The number of ether oxygens (including phenoxy) is 1.